The molecule has 0 radical (unpaired) electrons. The van der Waals surface area contributed by atoms with Gasteiger partial charge < -0.3 is 28.4 Å². The highest BCUT2D eigenvalue weighted by atomic mass is 16.6. The summed E-state index contributed by atoms with van der Waals surface area (Å²) in [6.07, 6.45) is 30.9. The van der Waals surface area contributed by atoms with Crippen molar-refractivity contribution in [1.29, 1.82) is 0 Å². The Balaban J connectivity index is 0.947. The van der Waals surface area contributed by atoms with Gasteiger partial charge in [-0.2, -0.15) is 0 Å². The summed E-state index contributed by atoms with van der Waals surface area (Å²) in [4.78, 5) is 51.7. The summed E-state index contributed by atoms with van der Waals surface area (Å²) in [7, 11) is 0. The van der Waals surface area contributed by atoms with Gasteiger partial charge in [-0.3, -0.25) is 0 Å². The molecule has 72 heavy (non-hydrogen) atoms. The Labute approximate surface area is 429 Å². The van der Waals surface area contributed by atoms with Gasteiger partial charge in [0.25, 0.3) is 0 Å². The number of carbonyl (C=O) groups excluding carboxylic acids is 4. The van der Waals surface area contributed by atoms with E-state index in [2.05, 4.69) is 13.8 Å². The first-order chi connectivity index (χ1) is 35.3. The fourth-order valence-corrected chi connectivity index (χ4v) is 8.22. The van der Waals surface area contributed by atoms with E-state index >= 15 is 0 Å². The third kappa shape index (κ3) is 22.3. The minimum atomic E-state index is -0.658. The Hall–Kier alpha value is -6.42. The molecule has 0 aliphatic carbocycles. The second-order valence-electron chi connectivity index (χ2n) is 18.6. The van der Waals surface area contributed by atoms with E-state index in [4.69, 9.17) is 28.4 Å². The lowest BCUT2D eigenvalue weighted by Gasteiger charge is -2.09. The molecule has 10 nitrogen and oxygen atoms in total. The number of benzene rings is 5. The normalized spacial score (nSPS) is 10.9. The Kier molecular flexibility index (Phi) is 26.7. The van der Waals surface area contributed by atoms with Crippen LogP contribution in [-0.2, 0) is 0 Å². The van der Waals surface area contributed by atoms with Crippen molar-refractivity contribution in [3.05, 3.63) is 144 Å². The highest BCUT2D eigenvalue weighted by Gasteiger charge is 2.16. The van der Waals surface area contributed by atoms with Crippen molar-refractivity contribution in [2.45, 2.75) is 168 Å². The highest BCUT2D eigenvalue weighted by molar-refractivity contribution is 5.94. The molecule has 0 N–H and O–H groups in total. The number of unbranched alkanes of at least 4 members (excludes halogenated alkanes) is 22. The standard InChI is InChI=1S/C62H78O10/c1-3-5-7-9-11-13-15-17-19-21-23-25-46-67-53-38-30-49(31-39-53)59(63)69-55-42-34-51(35-43-55)61(65)71-57-28-27-29-58(48-57)72-62(66)52-36-44-56(45-37-52)70-60(64)50-32-40-54(41-33-50)68-47-26-24-22-20-18-16-14-12-10-8-6-4-2/h27-45,48H,3-26,46-47H2,1-2H3. The molecule has 0 fully saturated rings. The minimum Gasteiger partial charge on any atom is -0.494 e. The summed E-state index contributed by atoms with van der Waals surface area (Å²) >= 11 is 0. The van der Waals surface area contributed by atoms with E-state index in [0.29, 0.717) is 35.8 Å². The third-order valence-corrected chi connectivity index (χ3v) is 12.5. The van der Waals surface area contributed by atoms with E-state index in [9.17, 15) is 19.2 Å². The van der Waals surface area contributed by atoms with Gasteiger partial charge in [-0.25, -0.2) is 19.2 Å². The molecule has 10 heteroatoms. The highest BCUT2D eigenvalue weighted by Crippen LogP contribution is 2.25. The van der Waals surface area contributed by atoms with Gasteiger partial charge in [0.1, 0.15) is 34.5 Å². The van der Waals surface area contributed by atoms with Gasteiger partial charge in [0, 0.05) is 6.07 Å². The Bertz CT molecular complexity index is 2140. The first-order valence-electron chi connectivity index (χ1n) is 27.0. The molecule has 386 valence electrons. The summed E-state index contributed by atoms with van der Waals surface area (Å²) in [6, 6.07) is 31.9. The zero-order chi connectivity index (χ0) is 50.9. The SMILES string of the molecule is CCCCCCCCCCCCCCOc1ccc(C(=O)Oc2ccc(C(=O)Oc3cccc(OC(=O)c4ccc(OC(=O)c5ccc(OCCCCCCCCCCCCCC)cc5)cc4)c3)cc2)cc1. The molecule has 0 spiro atoms. The Morgan fingerprint density at radius 3 is 0.792 bits per heavy atom. The topological polar surface area (TPSA) is 124 Å². The van der Waals surface area contributed by atoms with Crippen molar-refractivity contribution in [3.8, 4) is 34.5 Å². The molecule has 0 aromatic heterocycles. The van der Waals surface area contributed by atoms with E-state index in [0.717, 1.165) is 25.7 Å². The fraction of sp³-hybridized carbons (Fsp3) is 0.452. The predicted molar refractivity (Wildman–Crippen MR) is 285 cm³/mol. The maximum absolute atomic E-state index is 13.0. The summed E-state index contributed by atoms with van der Waals surface area (Å²) in [5.41, 5.74) is 1.19. The number of esters is 4. The van der Waals surface area contributed by atoms with Crippen LogP contribution in [0.1, 0.15) is 209 Å². The maximum Gasteiger partial charge on any atom is 0.343 e. The molecule has 0 saturated heterocycles. The summed E-state index contributed by atoms with van der Waals surface area (Å²) in [5, 5.41) is 0. The van der Waals surface area contributed by atoms with E-state index < -0.39 is 23.9 Å². The fourth-order valence-electron chi connectivity index (χ4n) is 8.22. The lowest BCUT2D eigenvalue weighted by Crippen LogP contribution is -2.11. The summed E-state index contributed by atoms with van der Waals surface area (Å²) in [6.45, 7) is 5.79. The van der Waals surface area contributed by atoms with Crippen molar-refractivity contribution in [2.24, 2.45) is 0 Å². The molecular formula is C62H78O10. The van der Waals surface area contributed by atoms with Crippen LogP contribution < -0.4 is 28.4 Å². The van der Waals surface area contributed by atoms with E-state index in [1.807, 2.05) is 0 Å². The van der Waals surface area contributed by atoms with E-state index in [-0.39, 0.29) is 34.1 Å². The van der Waals surface area contributed by atoms with Crippen LogP contribution >= 0.6 is 0 Å². The molecule has 0 aliphatic rings. The number of rotatable bonds is 36. The van der Waals surface area contributed by atoms with Crippen molar-refractivity contribution in [3.63, 3.8) is 0 Å². The molecule has 5 aromatic rings. The lowest BCUT2D eigenvalue weighted by atomic mass is 10.1. The number of carbonyl (C=O) groups is 4. The van der Waals surface area contributed by atoms with Gasteiger partial charge in [-0.1, -0.05) is 161 Å². The van der Waals surface area contributed by atoms with Crippen LogP contribution in [0.3, 0.4) is 0 Å². The van der Waals surface area contributed by atoms with Crippen LogP contribution in [0.4, 0.5) is 0 Å². The lowest BCUT2D eigenvalue weighted by molar-refractivity contribution is 0.0723. The second-order valence-corrected chi connectivity index (χ2v) is 18.6. The molecule has 5 aromatic carbocycles. The van der Waals surface area contributed by atoms with Crippen molar-refractivity contribution >= 4 is 23.9 Å². The zero-order valence-corrected chi connectivity index (χ0v) is 43.0. The molecule has 5 rings (SSSR count). The van der Waals surface area contributed by atoms with Crippen molar-refractivity contribution < 1.29 is 47.6 Å². The van der Waals surface area contributed by atoms with Crippen LogP contribution in [0, 0.1) is 0 Å². The van der Waals surface area contributed by atoms with Crippen LogP contribution in [0.15, 0.2) is 121 Å². The van der Waals surface area contributed by atoms with Crippen molar-refractivity contribution in [1.82, 2.24) is 0 Å². The van der Waals surface area contributed by atoms with Crippen LogP contribution in [0.25, 0.3) is 0 Å². The van der Waals surface area contributed by atoms with Gasteiger partial charge in [-0.15, -0.1) is 0 Å². The van der Waals surface area contributed by atoms with E-state index in [1.165, 1.54) is 183 Å². The number of ether oxygens (including phenoxy) is 6. The van der Waals surface area contributed by atoms with Gasteiger partial charge in [-0.05, 0) is 122 Å². The molecule has 0 atom stereocenters. The summed E-state index contributed by atoms with van der Waals surface area (Å²) in [5.74, 6) is -0.138. The number of hydrogen-bond acceptors (Lipinski definition) is 10. The predicted octanol–water partition coefficient (Wildman–Crippen LogP) is 16.7. The minimum absolute atomic E-state index is 0.156. The smallest absolute Gasteiger partial charge is 0.343 e. The molecular weight excluding hydrogens is 905 g/mol. The average molecular weight is 983 g/mol. The molecule has 0 unspecified atom stereocenters. The quantitative estimate of drug-likeness (QED) is 0.0218. The Morgan fingerprint density at radius 2 is 0.514 bits per heavy atom. The largest absolute Gasteiger partial charge is 0.494 e. The van der Waals surface area contributed by atoms with Gasteiger partial charge in [0.05, 0.1) is 35.5 Å². The summed E-state index contributed by atoms with van der Waals surface area (Å²) < 4.78 is 33.9. The van der Waals surface area contributed by atoms with E-state index in [1.54, 1.807) is 66.7 Å². The molecule has 0 aliphatic heterocycles. The van der Waals surface area contributed by atoms with Gasteiger partial charge >= 0.3 is 23.9 Å². The monoisotopic (exact) mass is 983 g/mol. The molecule has 0 heterocycles. The number of hydrogen-bond donors (Lipinski definition) is 0. The first kappa shape index (κ1) is 56.5. The van der Waals surface area contributed by atoms with Crippen LogP contribution in [-0.4, -0.2) is 37.1 Å². The third-order valence-electron chi connectivity index (χ3n) is 12.5. The molecule has 0 bridgehead atoms. The zero-order valence-electron chi connectivity index (χ0n) is 43.0. The van der Waals surface area contributed by atoms with Crippen LogP contribution in [0.2, 0.25) is 0 Å². The maximum atomic E-state index is 13.0. The second kappa shape index (κ2) is 34.0. The Morgan fingerprint density at radius 1 is 0.278 bits per heavy atom. The first-order valence-corrected chi connectivity index (χ1v) is 27.0. The molecule has 0 saturated carbocycles. The molecule has 0 amide bonds. The van der Waals surface area contributed by atoms with Crippen molar-refractivity contribution in [2.75, 3.05) is 13.2 Å². The van der Waals surface area contributed by atoms with Crippen LogP contribution in [0.5, 0.6) is 34.5 Å². The van der Waals surface area contributed by atoms with Gasteiger partial charge in [0.2, 0.25) is 0 Å². The van der Waals surface area contributed by atoms with Gasteiger partial charge in [0.15, 0.2) is 0 Å². The average Bonchev–Trinajstić information content (AvgIpc) is 3.40.